The molecule has 8 nitrogen and oxygen atoms in total. The van der Waals surface area contributed by atoms with Crippen molar-refractivity contribution in [3.05, 3.63) is 17.0 Å². The summed E-state index contributed by atoms with van der Waals surface area (Å²) in [6.45, 7) is 3.24. The van der Waals surface area contributed by atoms with Crippen LogP contribution in [-0.4, -0.2) is 75.0 Å². The zero-order valence-electron chi connectivity index (χ0n) is 16.5. The number of nitrogens with zero attached hydrogens (tertiary/aromatic N) is 2. The summed E-state index contributed by atoms with van der Waals surface area (Å²) in [7, 11) is 0.460. The zero-order chi connectivity index (χ0) is 20.9. The van der Waals surface area contributed by atoms with Crippen molar-refractivity contribution in [1.82, 2.24) is 9.21 Å². The highest BCUT2D eigenvalue weighted by Gasteiger charge is 2.51. The summed E-state index contributed by atoms with van der Waals surface area (Å²) in [6.07, 6.45) is 2.52. The number of cyclic esters (lactones) is 1. The van der Waals surface area contributed by atoms with Gasteiger partial charge in [-0.25, -0.2) is 8.42 Å². The van der Waals surface area contributed by atoms with Gasteiger partial charge in [-0.05, 0) is 45.5 Å². The average Bonchev–Trinajstić information content (AvgIpc) is 3.22. The largest absolute Gasteiger partial charge is 0.483 e. The predicted octanol–water partition coefficient (Wildman–Crippen LogP) is 1.66. The second-order valence-corrected chi connectivity index (χ2v) is 10.7. The number of piperidine rings is 1. The smallest absolute Gasteiger partial charge is 0.312 e. The lowest BCUT2D eigenvalue weighted by molar-refractivity contribution is -0.150. The molecule has 3 heterocycles. The number of aryl methyl sites for hydroxylation is 1. The highest BCUT2D eigenvalue weighted by atomic mass is 32.2. The standard InChI is InChI=1S/C17H26N2O4S2.CH2O2/c1-4-14-5-6-15(24-14)25(21,22)19-9-7-17(8-10-19)11-13(12-18(2)3)23-16(17)20;2-1-3/h5-6,13H,4,7-12H2,1-3H3;1H,(H,2,3). The second-order valence-electron chi connectivity index (χ2n) is 7.36. The van der Waals surface area contributed by atoms with Gasteiger partial charge in [-0.15, -0.1) is 11.3 Å². The van der Waals surface area contributed by atoms with Crippen LogP contribution in [0.2, 0.25) is 0 Å². The van der Waals surface area contributed by atoms with E-state index >= 15 is 0 Å². The molecule has 1 unspecified atom stereocenters. The Balaban J connectivity index is 0.000000878. The first-order chi connectivity index (χ1) is 13.2. The van der Waals surface area contributed by atoms with Crippen LogP contribution < -0.4 is 0 Å². The molecule has 1 spiro atoms. The third kappa shape index (κ3) is 4.91. The summed E-state index contributed by atoms with van der Waals surface area (Å²) in [5, 5.41) is 6.89. The molecule has 0 saturated carbocycles. The highest BCUT2D eigenvalue weighted by molar-refractivity contribution is 7.91. The molecule has 3 rings (SSSR count). The van der Waals surface area contributed by atoms with E-state index in [1.54, 1.807) is 6.07 Å². The van der Waals surface area contributed by atoms with Gasteiger partial charge >= 0.3 is 5.97 Å². The average molecular weight is 433 g/mol. The van der Waals surface area contributed by atoms with Gasteiger partial charge in [-0.1, -0.05) is 6.92 Å². The number of ether oxygens (including phenoxy) is 1. The van der Waals surface area contributed by atoms with Crippen LogP contribution in [0.3, 0.4) is 0 Å². The molecular weight excluding hydrogens is 404 g/mol. The number of rotatable bonds is 5. The lowest BCUT2D eigenvalue weighted by Gasteiger charge is -2.35. The lowest BCUT2D eigenvalue weighted by Crippen LogP contribution is -2.44. The third-order valence-electron chi connectivity index (χ3n) is 5.15. The Bertz CT molecular complexity index is 782. The van der Waals surface area contributed by atoms with E-state index in [1.807, 2.05) is 32.0 Å². The minimum absolute atomic E-state index is 0.0879. The molecule has 0 aliphatic carbocycles. The molecule has 1 atom stereocenters. The Labute approximate surface area is 170 Å². The van der Waals surface area contributed by atoms with Crippen molar-refractivity contribution in [1.29, 1.82) is 0 Å². The van der Waals surface area contributed by atoms with Gasteiger partial charge in [0.05, 0.1) is 5.41 Å². The Morgan fingerprint density at radius 3 is 2.46 bits per heavy atom. The second kappa shape index (κ2) is 9.34. The topological polar surface area (TPSA) is 104 Å². The fourth-order valence-electron chi connectivity index (χ4n) is 3.72. The van der Waals surface area contributed by atoms with Gasteiger partial charge in [-0.2, -0.15) is 4.31 Å². The van der Waals surface area contributed by atoms with E-state index in [-0.39, 0.29) is 18.5 Å². The predicted molar refractivity (Wildman–Crippen MR) is 106 cm³/mol. The van der Waals surface area contributed by atoms with Crippen molar-refractivity contribution in [2.24, 2.45) is 5.41 Å². The monoisotopic (exact) mass is 432 g/mol. The van der Waals surface area contributed by atoms with Crippen molar-refractivity contribution in [2.75, 3.05) is 33.7 Å². The first kappa shape index (κ1) is 22.8. The van der Waals surface area contributed by atoms with Gasteiger partial charge in [0.2, 0.25) is 0 Å². The van der Waals surface area contributed by atoms with Crippen LogP contribution in [0, 0.1) is 5.41 Å². The molecule has 2 aliphatic rings. The molecule has 1 N–H and O–H groups in total. The molecule has 0 aromatic carbocycles. The molecule has 1 aromatic rings. The molecule has 158 valence electrons. The number of thiophene rings is 1. The maximum atomic E-state index is 12.8. The molecule has 28 heavy (non-hydrogen) atoms. The summed E-state index contributed by atoms with van der Waals surface area (Å²) in [4.78, 5) is 23.8. The van der Waals surface area contributed by atoms with E-state index in [0.717, 1.165) is 11.3 Å². The minimum atomic E-state index is -3.46. The molecule has 0 amide bonds. The van der Waals surface area contributed by atoms with Crippen LogP contribution in [0.1, 0.15) is 31.1 Å². The van der Waals surface area contributed by atoms with Crippen molar-refractivity contribution in [2.45, 2.75) is 42.9 Å². The molecule has 1 aromatic heterocycles. The number of hydrogen-bond acceptors (Lipinski definition) is 7. The van der Waals surface area contributed by atoms with Crippen LogP contribution in [0.5, 0.6) is 0 Å². The fourth-order valence-corrected chi connectivity index (χ4v) is 6.61. The molecule has 0 bridgehead atoms. The summed E-state index contributed by atoms with van der Waals surface area (Å²) in [5.41, 5.74) is -0.503. The molecular formula is C18H28N2O6S2. The highest BCUT2D eigenvalue weighted by Crippen LogP contribution is 2.44. The number of carbonyl (C=O) groups excluding carboxylic acids is 1. The maximum Gasteiger partial charge on any atom is 0.312 e. The Morgan fingerprint density at radius 1 is 1.36 bits per heavy atom. The van der Waals surface area contributed by atoms with Crippen LogP contribution in [-0.2, 0) is 30.8 Å². The van der Waals surface area contributed by atoms with Gasteiger partial charge in [0.25, 0.3) is 16.5 Å². The van der Waals surface area contributed by atoms with Crippen LogP contribution >= 0.6 is 11.3 Å². The quantitative estimate of drug-likeness (QED) is 0.557. The normalized spacial score (nSPS) is 22.0. The maximum absolute atomic E-state index is 12.8. The van der Waals surface area contributed by atoms with E-state index in [9.17, 15) is 13.2 Å². The summed E-state index contributed by atoms with van der Waals surface area (Å²) < 4.78 is 33.1. The number of likely N-dealkylation sites (N-methyl/N-ethyl adjacent to an activating group) is 1. The first-order valence-electron chi connectivity index (χ1n) is 9.21. The van der Waals surface area contributed by atoms with Crippen LogP contribution in [0.4, 0.5) is 0 Å². The van der Waals surface area contributed by atoms with Crippen molar-refractivity contribution < 1.29 is 27.9 Å². The number of sulfonamides is 1. The van der Waals surface area contributed by atoms with E-state index < -0.39 is 15.4 Å². The number of carboxylic acid groups (broad SMARTS) is 1. The third-order valence-corrected chi connectivity index (χ3v) is 8.75. The van der Waals surface area contributed by atoms with Crippen molar-refractivity contribution >= 4 is 33.8 Å². The van der Waals surface area contributed by atoms with E-state index in [0.29, 0.717) is 43.1 Å². The Morgan fingerprint density at radius 2 is 1.96 bits per heavy atom. The SMILES string of the molecule is CCc1ccc(S(=O)(=O)N2CCC3(CC2)CC(CN(C)C)OC3=O)s1.O=CO. The zero-order valence-corrected chi connectivity index (χ0v) is 18.1. The molecule has 0 radical (unpaired) electrons. The number of esters is 1. The van der Waals surface area contributed by atoms with Crippen LogP contribution in [0.15, 0.2) is 16.3 Å². The first-order valence-corrected chi connectivity index (χ1v) is 11.5. The van der Waals surface area contributed by atoms with Gasteiger partial charge in [0, 0.05) is 30.9 Å². The van der Waals surface area contributed by atoms with Gasteiger partial charge in [0.1, 0.15) is 10.3 Å². The summed E-state index contributed by atoms with van der Waals surface area (Å²) in [6, 6.07) is 3.57. The summed E-state index contributed by atoms with van der Waals surface area (Å²) in [5.74, 6) is -0.152. The Kier molecular flexibility index (Phi) is 7.60. The number of carbonyl (C=O) groups is 2. The van der Waals surface area contributed by atoms with Crippen molar-refractivity contribution in [3.8, 4) is 0 Å². The van der Waals surface area contributed by atoms with Gasteiger partial charge < -0.3 is 14.7 Å². The van der Waals surface area contributed by atoms with Crippen molar-refractivity contribution in [3.63, 3.8) is 0 Å². The lowest BCUT2D eigenvalue weighted by atomic mass is 9.76. The molecule has 2 fully saturated rings. The molecule has 2 saturated heterocycles. The van der Waals surface area contributed by atoms with Crippen LogP contribution in [0.25, 0.3) is 0 Å². The summed E-state index contributed by atoms with van der Waals surface area (Å²) >= 11 is 1.34. The van der Waals surface area contributed by atoms with E-state index in [4.69, 9.17) is 14.6 Å². The molecule has 2 aliphatic heterocycles. The number of hydrogen-bond donors (Lipinski definition) is 1. The van der Waals surface area contributed by atoms with E-state index in [1.165, 1.54) is 15.6 Å². The fraction of sp³-hybridized carbons (Fsp3) is 0.667. The molecule has 10 heteroatoms. The van der Waals surface area contributed by atoms with Gasteiger partial charge in [0.15, 0.2) is 0 Å². The van der Waals surface area contributed by atoms with Gasteiger partial charge in [-0.3, -0.25) is 9.59 Å². The minimum Gasteiger partial charge on any atom is -0.483 e. The Hall–Kier alpha value is -1.49. The van der Waals surface area contributed by atoms with E-state index in [2.05, 4.69) is 0 Å².